The normalized spacial score (nSPS) is 15.8. The molecule has 2 atom stereocenters. The SMILES string of the molecule is CCCCCCCCCCCCCCCCCCCCCCOC(=O)C(C)NC(=O)OC[N+]1(C)CCc2c(c3cc(C)ccc3n2CCc2ccc(C)nc2)C1. The fraction of sp³-hybridized carbons (Fsp3) is 0.688. The molecule has 0 radical (unpaired) electrons. The Balaban J connectivity index is 1.03. The van der Waals surface area contributed by atoms with Crippen molar-refractivity contribution in [3.8, 4) is 0 Å². The van der Waals surface area contributed by atoms with Crippen molar-refractivity contribution >= 4 is 23.0 Å². The predicted octanol–water partition coefficient (Wildman–Crippen LogP) is 11.8. The quantitative estimate of drug-likeness (QED) is 0.0451. The minimum Gasteiger partial charge on any atom is -0.464 e. The van der Waals surface area contributed by atoms with Gasteiger partial charge in [0.2, 0.25) is 6.73 Å². The highest BCUT2D eigenvalue weighted by Gasteiger charge is 2.34. The number of aromatic nitrogens is 2. The van der Waals surface area contributed by atoms with Crippen LogP contribution in [0.1, 0.15) is 170 Å². The molecule has 4 rings (SSSR count). The summed E-state index contributed by atoms with van der Waals surface area (Å²) in [6.07, 6.45) is 30.0. The van der Waals surface area contributed by atoms with Gasteiger partial charge in [0, 0.05) is 47.0 Å². The number of nitrogens with zero attached hydrogens (tertiary/aromatic N) is 3. The second kappa shape index (κ2) is 25.1. The molecule has 8 heteroatoms. The number of ether oxygens (including phenoxy) is 2. The Hall–Kier alpha value is -3.39. The molecule has 8 nitrogen and oxygen atoms in total. The van der Waals surface area contributed by atoms with Crippen LogP contribution in [0.4, 0.5) is 4.79 Å². The second-order valence-corrected chi connectivity index (χ2v) is 17.2. The molecule has 0 aliphatic carbocycles. The topological polar surface area (TPSA) is 82.5 Å². The number of alkyl carbamates (subject to hydrolysis) is 1. The monoisotopic (exact) mass is 774 g/mol. The van der Waals surface area contributed by atoms with E-state index in [0.717, 1.165) is 51.0 Å². The molecule has 312 valence electrons. The first kappa shape index (κ1) is 45.3. The number of pyridine rings is 1. The Morgan fingerprint density at radius 1 is 0.804 bits per heavy atom. The molecule has 1 amide bonds. The maximum absolute atomic E-state index is 12.8. The Kier molecular flexibility index (Phi) is 20.3. The summed E-state index contributed by atoms with van der Waals surface area (Å²) in [7, 11) is 2.14. The standard InChI is InChI=1S/C48H76N4O4/c1-6-7-8-9-10-11-12-13-14-15-16-17-18-19-20-21-22-23-24-25-34-55-47(53)41(4)50-48(54)56-38-52(5)33-31-46-44(37-52)43-35-39(2)26-29-45(43)51(46)32-30-42-28-27-40(3)49-36-42/h26-29,35-36,41H,6-25,30-34,37-38H2,1-5H3/p+1. The third-order valence-corrected chi connectivity index (χ3v) is 11.9. The van der Waals surface area contributed by atoms with Gasteiger partial charge in [0.25, 0.3) is 0 Å². The molecule has 0 spiro atoms. The molecule has 0 bridgehead atoms. The fourth-order valence-corrected chi connectivity index (χ4v) is 8.29. The molecule has 2 unspecified atom stereocenters. The number of hydrogen-bond acceptors (Lipinski definition) is 5. The van der Waals surface area contributed by atoms with Crippen LogP contribution in [0.5, 0.6) is 0 Å². The molecule has 1 aliphatic rings. The lowest BCUT2D eigenvalue weighted by molar-refractivity contribution is -0.940. The van der Waals surface area contributed by atoms with Crippen molar-refractivity contribution in [2.45, 2.75) is 188 Å². The van der Waals surface area contributed by atoms with Crippen molar-refractivity contribution in [3.05, 3.63) is 64.6 Å². The highest BCUT2D eigenvalue weighted by molar-refractivity contribution is 5.86. The van der Waals surface area contributed by atoms with E-state index in [1.807, 2.05) is 13.1 Å². The molecule has 2 aromatic heterocycles. The summed E-state index contributed by atoms with van der Waals surface area (Å²) in [5.41, 5.74) is 7.49. The smallest absolute Gasteiger partial charge is 0.412 e. The van der Waals surface area contributed by atoms with Crippen molar-refractivity contribution < 1.29 is 23.5 Å². The number of fused-ring (bicyclic) bond motifs is 3. The van der Waals surface area contributed by atoms with E-state index in [0.29, 0.717) is 11.1 Å². The number of aryl methyl sites for hydroxylation is 4. The molecule has 0 fully saturated rings. The Labute approximate surface area is 340 Å². The van der Waals surface area contributed by atoms with Crippen LogP contribution in [-0.2, 0) is 40.2 Å². The highest BCUT2D eigenvalue weighted by atomic mass is 16.6. The van der Waals surface area contributed by atoms with Crippen LogP contribution < -0.4 is 5.32 Å². The van der Waals surface area contributed by atoms with Crippen molar-refractivity contribution in [1.29, 1.82) is 0 Å². The van der Waals surface area contributed by atoms with E-state index in [-0.39, 0.29) is 6.73 Å². The van der Waals surface area contributed by atoms with Gasteiger partial charge < -0.3 is 19.4 Å². The molecule has 3 heterocycles. The lowest BCUT2D eigenvalue weighted by Crippen LogP contribution is -2.51. The van der Waals surface area contributed by atoms with Gasteiger partial charge in [-0.15, -0.1) is 0 Å². The van der Waals surface area contributed by atoms with Crippen LogP contribution in [0.3, 0.4) is 0 Å². The van der Waals surface area contributed by atoms with E-state index in [2.05, 4.69) is 66.1 Å². The van der Waals surface area contributed by atoms with Gasteiger partial charge in [-0.2, -0.15) is 0 Å². The number of esters is 1. The highest BCUT2D eigenvalue weighted by Crippen LogP contribution is 2.34. The first-order valence-electron chi connectivity index (χ1n) is 22.6. The number of benzene rings is 1. The summed E-state index contributed by atoms with van der Waals surface area (Å²) >= 11 is 0. The van der Waals surface area contributed by atoms with Gasteiger partial charge in [0.05, 0.1) is 20.2 Å². The van der Waals surface area contributed by atoms with Crippen LogP contribution in [0.15, 0.2) is 36.5 Å². The zero-order chi connectivity index (χ0) is 40.0. The molecule has 56 heavy (non-hydrogen) atoms. The van der Waals surface area contributed by atoms with E-state index in [9.17, 15) is 9.59 Å². The van der Waals surface area contributed by atoms with Crippen LogP contribution in [0.2, 0.25) is 0 Å². The number of quaternary nitrogens is 1. The minimum absolute atomic E-state index is 0.236. The number of carbonyl (C=O) groups excluding carboxylic acids is 2. The number of likely N-dealkylation sites (N-methyl/N-ethyl adjacent to an activating group) is 1. The third-order valence-electron chi connectivity index (χ3n) is 11.9. The maximum Gasteiger partial charge on any atom is 0.412 e. The third kappa shape index (κ3) is 15.9. The van der Waals surface area contributed by atoms with E-state index in [4.69, 9.17) is 9.47 Å². The molecule has 0 saturated heterocycles. The van der Waals surface area contributed by atoms with E-state index in [1.165, 1.54) is 149 Å². The largest absolute Gasteiger partial charge is 0.464 e. The van der Waals surface area contributed by atoms with Gasteiger partial charge in [-0.3, -0.25) is 9.47 Å². The van der Waals surface area contributed by atoms with Crippen molar-refractivity contribution in [2.75, 3.05) is 26.9 Å². The molecule has 0 saturated carbocycles. The fourth-order valence-electron chi connectivity index (χ4n) is 8.29. The van der Waals surface area contributed by atoms with Crippen LogP contribution in [0, 0.1) is 13.8 Å². The summed E-state index contributed by atoms with van der Waals surface area (Å²) in [4.78, 5) is 29.9. The average Bonchev–Trinajstić information content (AvgIpc) is 3.48. The van der Waals surface area contributed by atoms with Crippen molar-refractivity contribution in [1.82, 2.24) is 14.9 Å². The summed E-state index contributed by atoms with van der Waals surface area (Å²) in [5, 5.41) is 3.98. The first-order chi connectivity index (χ1) is 27.2. The summed E-state index contributed by atoms with van der Waals surface area (Å²) in [6.45, 7) is 11.3. The lowest BCUT2D eigenvalue weighted by atomic mass is 10.0. The van der Waals surface area contributed by atoms with Crippen LogP contribution in [-0.4, -0.2) is 59.1 Å². The van der Waals surface area contributed by atoms with Gasteiger partial charge in [-0.25, -0.2) is 9.59 Å². The van der Waals surface area contributed by atoms with E-state index >= 15 is 0 Å². The van der Waals surface area contributed by atoms with Gasteiger partial charge >= 0.3 is 12.1 Å². The second-order valence-electron chi connectivity index (χ2n) is 17.2. The first-order valence-corrected chi connectivity index (χ1v) is 22.6. The molecule has 1 aromatic carbocycles. The van der Waals surface area contributed by atoms with E-state index in [1.54, 1.807) is 6.92 Å². The molecule has 3 aromatic rings. The Morgan fingerprint density at radius 3 is 1.96 bits per heavy atom. The van der Waals surface area contributed by atoms with Crippen LogP contribution in [0.25, 0.3) is 10.9 Å². The van der Waals surface area contributed by atoms with Crippen molar-refractivity contribution in [2.24, 2.45) is 0 Å². The van der Waals surface area contributed by atoms with Gasteiger partial charge in [-0.1, -0.05) is 147 Å². The zero-order valence-corrected chi connectivity index (χ0v) is 36.1. The van der Waals surface area contributed by atoms with Gasteiger partial charge in [0.15, 0.2) is 0 Å². The molecule has 1 aliphatic heterocycles. The number of nitrogens with one attached hydrogen (secondary N) is 1. The summed E-state index contributed by atoms with van der Waals surface area (Å²) in [6, 6.07) is 10.2. The zero-order valence-electron chi connectivity index (χ0n) is 36.1. The summed E-state index contributed by atoms with van der Waals surface area (Å²) < 4.78 is 14.3. The maximum atomic E-state index is 12.8. The predicted molar refractivity (Wildman–Crippen MR) is 231 cm³/mol. The minimum atomic E-state index is -0.754. The Bertz CT molecular complexity index is 1580. The molecular weight excluding hydrogens is 697 g/mol. The number of hydrogen-bond donors (Lipinski definition) is 1. The van der Waals surface area contributed by atoms with Crippen molar-refractivity contribution in [3.63, 3.8) is 0 Å². The Morgan fingerprint density at radius 2 is 1.39 bits per heavy atom. The number of carbonyl (C=O) groups is 2. The van der Waals surface area contributed by atoms with E-state index < -0.39 is 18.1 Å². The van der Waals surface area contributed by atoms with Crippen LogP contribution >= 0.6 is 0 Å². The number of amides is 1. The number of unbranched alkanes of at least 4 members (excludes halogenated alkanes) is 19. The average molecular weight is 774 g/mol. The number of rotatable bonds is 28. The molecule has 1 N–H and O–H groups in total. The lowest BCUT2D eigenvalue weighted by Gasteiger charge is -2.37. The summed E-state index contributed by atoms with van der Waals surface area (Å²) in [5.74, 6) is -0.410. The van der Waals surface area contributed by atoms with Gasteiger partial charge in [0.1, 0.15) is 12.6 Å². The molecular formula is C48H77N4O4+. The van der Waals surface area contributed by atoms with Gasteiger partial charge in [-0.05, 0) is 57.4 Å².